The van der Waals surface area contributed by atoms with Crippen LogP contribution in [0.4, 0.5) is 5.00 Å². The van der Waals surface area contributed by atoms with E-state index < -0.39 is 6.10 Å². The number of thiophene rings is 1. The van der Waals surface area contributed by atoms with Crippen molar-refractivity contribution in [1.82, 2.24) is 5.32 Å². The summed E-state index contributed by atoms with van der Waals surface area (Å²) in [4.78, 5) is 15.3. The molecule has 8 heteroatoms. The third-order valence-corrected chi connectivity index (χ3v) is 6.48. The largest absolute Gasteiger partial charge is 0.392 e. The van der Waals surface area contributed by atoms with Gasteiger partial charge in [-0.15, -0.1) is 11.3 Å². The molecule has 0 unspecified atom stereocenters. The number of aryl methyl sites for hydroxylation is 1. The zero-order chi connectivity index (χ0) is 21.6. The molecule has 0 aliphatic rings. The molecule has 0 radical (unpaired) electrons. The normalized spacial score (nSPS) is 11.8. The lowest BCUT2D eigenvalue weighted by Gasteiger charge is -2.17. The van der Waals surface area contributed by atoms with Gasteiger partial charge in [-0.2, -0.15) is 5.26 Å². The lowest BCUT2D eigenvalue weighted by molar-refractivity contribution is 0.0928. The van der Waals surface area contributed by atoms with E-state index in [0.717, 1.165) is 19.7 Å². The van der Waals surface area contributed by atoms with Crippen LogP contribution in [0.1, 0.15) is 34.6 Å². The van der Waals surface area contributed by atoms with Gasteiger partial charge in [0.1, 0.15) is 15.9 Å². The molecule has 6 nitrogen and oxygen atoms in total. The summed E-state index contributed by atoms with van der Waals surface area (Å²) in [5.41, 5.74) is 3.10. The maximum Gasteiger partial charge on any atom is 0.262 e. The Kier molecular flexibility index (Phi) is 8.89. The predicted molar refractivity (Wildman–Crippen MR) is 126 cm³/mol. The molecule has 0 bridgehead atoms. The van der Waals surface area contributed by atoms with Crippen LogP contribution in [0.5, 0.6) is 0 Å². The first-order valence-electron chi connectivity index (χ1n) is 9.38. The zero-order valence-electron chi connectivity index (χ0n) is 17.1. The van der Waals surface area contributed by atoms with E-state index >= 15 is 0 Å². The molecule has 1 amide bonds. The number of hydrogen-bond donors (Lipinski definition) is 2. The van der Waals surface area contributed by atoms with Crippen LogP contribution in [0.15, 0.2) is 18.2 Å². The van der Waals surface area contributed by atoms with Gasteiger partial charge in [0.25, 0.3) is 5.91 Å². The smallest absolute Gasteiger partial charge is 0.262 e. The minimum absolute atomic E-state index is 0.151. The van der Waals surface area contributed by atoms with Crippen LogP contribution in [-0.4, -0.2) is 50.5 Å². The highest BCUT2D eigenvalue weighted by atomic mass is 127. The van der Waals surface area contributed by atoms with Crippen LogP contribution in [0, 0.1) is 21.8 Å². The second-order valence-electron chi connectivity index (χ2n) is 6.76. The number of likely N-dealkylation sites (N-methyl/N-ethyl adjacent to an activating group) is 1. The average Bonchev–Trinajstić information content (AvgIpc) is 3.05. The number of hydrogen-bond acceptors (Lipinski definition) is 6. The molecule has 0 saturated carbocycles. The summed E-state index contributed by atoms with van der Waals surface area (Å²) < 4.78 is 6.41. The van der Waals surface area contributed by atoms with Crippen molar-refractivity contribution < 1.29 is 14.6 Å². The fourth-order valence-corrected chi connectivity index (χ4v) is 4.91. The predicted octanol–water partition coefficient (Wildman–Crippen LogP) is 3.78. The Bertz CT molecular complexity index is 905. The van der Waals surface area contributed by atoms with Crippen molar-refractivity contribution in [2.24, 2.45) is 0 Å². The number of aliphatic hydroxyl groups is 1. The Balaban J connectivity index is 2.58. The number of aliphatic hydroxyl groups excluding tert-OH is 1. The lowest BCUT2D eigenvalue weighted by Crippen LogP contribution is -2.30. The number of halogens is 1. The molecule has 2 aromatic rings. The Morgan fingerprint density at radius 2 is 2.21 bits per heavy atom. The molecule has 1 atom stereocenters. The average molecular weight is 527 g/mol. The molecule has 2 N–H and O–H groups in total. The molecule has 156 valence electrons. The molecule has 0 aliphatic carbocycles. The van der Waals surface area contributed by atoms with Gasteiger partial charge in [0, 0.05) is 35.9 Å². The summed E-state index contributed by atoms with van der Waals surface area (Å²) in [5.74, 6) is -0.289. The summed E-state index contributed by atoms with van der Waals surface area (Å²) in [5, 5.41) is 23.0. The van der Waals surface area contributed by atoms with Gasteiger partial charge in [-0.25, -0.2) is 0 Å². The Labute approximate surface area is 189 Å². The van der Waals surface area contributed by atoms with Crippen LogP contribution in [0.3, 0.4) is 0 Å². The van der Waals surface area contributed by atoms with Crippen molar-refractivity contribution >= 4 is 44.8 Å². The maximum atomic E-state index is 12.9. The van der Waals surface area contributed by atoms with E-state index in [0.29, 0.717) is 35.8 Å². The SMILES string of the molecule is CCOCCN(C)c1sc(C(=O)NC[C@@H](C)O)c(-c2ccc(C)cc2I)c1C#N. The van der Waals surface area contributed by atoms with Gasteiger partial charge < -0.3 is 20.1 Å². The molecule has 0 fully saturated rings. The summed E-state index contributed by atoms with van der Waals surface area (Å²) in [6.07, 6.45) is -0.648. The van der Waals surface area contributed by atoms with E-state index in [9.17, 15) is 15.2 Å². The molecule has 0 saturated heterocycles. The number of amides is 1. The second kappa shape index (κ2) is 10.9. The van der Waals surface area contributed by atoms with Gasteiger partial charge in [-0.05, 0) is 55.0 Å². The van der Waals surface area contributed by atoms with Crippen molar-refractivity contribution in [2.75, 3.05) is 38.3 Å². The third kappa shape index (κ3) is 5.92. The van der Waals surface area contributed by atoms with Gasteiger partial charge in [0.05, 0.1) is 18.3 Å². The molecule has 0 aliphatic heterocycles. The lowest BCUT2D eigenvalue weighted by atomic mass is 10.00. The molecule has 29 heavy (non-hydrogen) atoms. The Morgan fingerprint density at radius 3 is 2.79 bits per heavy atom. The molecular weight excluding hydrogens is 501 g/mol. The van der Waals surface area contributed by atoms with Gasteiger partial charge in [0.2, 0.25) is 0 Å². The first kappa shape index (κ1) is 23.6. The van der Waals surface area contributed by atoms with E-state index in [-0.39, 0.29) is 12.5 Å². The van der Waals surface area contributed by atoms with Crippen LogP contribution in [0.2, 0.25) is 0 Å². The number of anilines is 1. The number of nitrogens with zero attached hydrogens (tertiary/aromatic N) is 2. The van der Waals surface area contributed by atoms with E-state index in [2.05, 4.69) is 34.0 Å². The fourth-order valence-electron chi connectivity index (χ4n) is 2.80. The summed E-state index contributed by atoms with van der Waals surface area (Å²) in [6, 6.07) is 8.28. The molecule has 0 spiro atoms. The van der Waals surface area contributed by atoms with Gasteiger partial charge in [-0.1, -0.05) is 17.7 Å². The summed E-state index contributed by atoms with van der Waals surface area (Å²) >= 11 is 3.53. The number of rotatable bonds is 9. The number of benzene rings is 1. The molecule has 1 aromatic carbocycles. The quantitative estimate of drug-likeness (QED) is 0.383. The summed E-state index contributed by atoms with van der Waals surface area (Å²) in [6.45, 7) is 7.49. The second-order valence-corrected chi connectivity index (χ2v) is 8.92. The van der Waals surface area contributed by atoms with Crippen LogP contribution in [-0.2, 0) is 4.74 Å². The number of nitrogens with one attached hydrogen (secondary N) is 1. The third-order valence-electron chi connectivity index (χ3n) is 4.28. The van der Waals surface area contributed by atoms with Crippen LogP contribution < -0.4 is 10.2 Å². The highest BCUT2D eigenvalue weighted by Gasteiger charge is 2.27. The first-order valence-corrected chi connectivity index (χ1v) is 11.3. The van der Waals surface area contributed by atoms with E-state index in [1.54, 1.807) is 6.92 Å². The van der Waals surface area contributed by atoms with Gasteiger partial charge in [0.15, 0.2) is 0 Å². The Morgan fingerprint density at radius 1 is 1.48 bits per heavy atom. The highest BCUT2D eigenvalue weighted by Crippen LogP contribution is 2.43. The number of carbonyl (C=O) groups is 1. The highest BCUT2D eigenvalue weighted by molar-refractivity contribution is 14.1. The fraction of sp³-hybridized carbons (Fsp3) is 0.429. The zero-order valence-corrected chi connectivity index (χ0v) is 20.1. The van der Waals surface area contributed by atoms with E-state index in [1.807, 2.05) is 44.0 Å². The van der Waals surface area contributed by atoms with Gasteiger partial charge in [-0.3, -0.25) is 4.79 Å². The molecule has 2 rings (SSSR count). The minimum atomic E-state index is -0.648. The molecular formula is C21H26IN3O3S. The standard InChI is InChI=1S/C21H26IN3O3S/c1-5-28-9-8-25(4)21-16(11-23)18(15-7-6-13(2)10-17(15)22)19(29-21)20(27)24-12-14(3)26/h6-7,10,14,26H,5,8-9,12H2,1-4H3,(H,24,27)/t14-/m1/s1. The van der Waals surface area contributed by atoms with Crippen molar-refractivity contribution in [2.45, 2.75) is 26.9 Å². The van der Waals surface area contributed by atoms with Crippen LogP contribution >= 0.6 is 33.9 Å². The first-order chi connectivity index (χ1) is 13.8. The van der Waals surface area contributed by atoms with Crippen molar-refractivity contribution in [3.05, 3.63) is 37.8 Å². The van der Waals surface area contributed by atoms with Crippen molar-refractivity contribution in [3.8, 4) is 17.2 Å². The number of ether oxygens (including phenoxy) is 1. The topological polar surface area (TPSA) is 85.6 Å². The summed E-state index contributed by atoms with van der Waals surface area (Å²) in [7, 11) is 1.90. The van der Waals surface area contributed by atoms with Crippen molar-refractivity contribution in [3.63, 3.8) is 0 Å². The van der Waals surface area contributed by atoms with Gasteiger partial charge >= 0.3 is 0 Å². The minimum Gasteiger partial charge on any atom is -0.392 e. The van der Waals surface area contributed by atoms with Crippen LogP contribution in [0.25, 0.3) is 11.1 Å². The maximum absolute atomic E-state index is 12.9. The number of carbonyl (C=O) groups excluding carboxylic acids is 1. The molecule has 1 aromatic heterocycles. The number of nitriles is 1. The monoisotopic (exact) mass is 527 g/mol. The molecule has 1 heterocycles. The van der Waals surface area contributed by atoms with Crippen molar-refractivity contribution in [1.29, 1.82) is 5.26 Å². The van der Waals surface area contributed by atoms with E-state index in [4.69, 9.17) is 4.74 Å². The van der Waals surface area contributed by atoms with E-state index in [1.165, 1.54) is 11.3 Å². The Hall–Kier alpha value is -1.67.